The molecule has 2 nitrogen and oxygen atoms in total. The van der Waals surface area contributed by atoms with E-state index in [1.54, 1.807) is 6.07 Å². The molecule has 13 heavy (non-hydrogen) atoms. The van der Waals surface area contributed by atoms with Gasteiger partial charge in [-0.1, -0.05) is 18.5 Å². The Morgan fingerprint density at radius 2 is 2.08 bits per heavy atom. The van der Waals surface area contributed by atoms with Gasteiger partial charge in [-0.25, -0.2) is 0 Å². The number of anilines is 1. The highest BCUT2D eigenvalue weighted by molar-refractivity contribution is 6.31. The first-order chi connectivity index (χ1) is 6.03. The van der Waals surface area contributed by atoms with E-state index in [1.807, 2.05) is 0 Å². The van der Waals surface area contributed by atoms with Gasteiger partial charge >= 0.3 is 0 Å². The Kier molecular flexibility index (Phi) is 1.70. The Hall–Kier alpha value is -0.890. The quantitative estimate of drug-likeness (QED) is 0.537. The van der Waals surface area contributed by atoms with Crippen molar-refractivity contribution < 1.29 is 5.11 Å². The van der Waals surface area contributed by atoms with Crippen molar-refractivity contribution in [1.82, 2.24) is 0 Å². The molecule has 3 heteroatoms. The van der Waals surface area contributed by atoms with E-state index in [-0.39, 0.29) is 11.2 Å². The number of phenolic OH excluding ortho intramolecular Hbond substituents is 1. The number of rotatable bonds is 1. The van der Waals surface area contributed by atoms with Crippen LogP contribution >= 0.6 is 11.6 Å². The fourth-order valence-corrected chi connectivity index (χ4v) is 1.88. The van der Waals surface area contributed by atoms with Gasteiger partial charge in [0, 0.05) is 11.1 Å². The van der Waals surface area contributed by atoms with Gasteiger partial charge in [-0.2, -0.15) is 0 Å². The van der Waals surface area contributed by atoms with Crippen LogP contribution in [0.3, 0.4) is 0 Å². The Labute approximate surface area is 82.3 Å². The second-order valence-corrected chi connectivity index (χ2v) is 4.36. The van der Waals surface area contributed by atoms with E-state index in [0.717, 1.165) is 18.4 Å². The molecular formula is C10H12ClNO. The maximum atomic E-state index is 9.30. The summed E-state index contributed by atoms with van der Waals surface area (Å²) in [6.45, 7) is 2.16. The molecule has 0 atom stereocenters. The smallest absolute Gasteiger partial charge is 0.139 e. The zero-order valence-electron chi connectivity index (χ0n) is 7.47. The lowest BCUT2D eigenvalue weighted by Crippen LogP contribution is -2.02. The van der Waals surface area contributed by atoms with Gasteiger partial charge in [-0.15, -0.1) is 0 Å². The van der Waals surface area contributed by atoms with Crippen molar-refractivity contribution >= 4 is 17.3 Å². The third-order valence-electron chi connectivity index (χ3n) is 2.77. The molecule has 1 fully saturated rings. The molecule has 1 aliphatic carbocycles. The van der Waals surface area contributed by atoms with E-state index in [1.165, 1.54) is 6.07 Å². The van der Waals surface area contributed by atoms with Crippen LogP contribution in [0.2, 0.25) is 5.02 Å². The van der Waals surface area contributed by atoms with Crippen LogP contribution in [0, 0.1) is 0 Å². The summed E-state index contributed by atoms with van der Waals surface area (Å²) in [5, 5.41) is 9.92. The molecular weight excluding hydrogens is 186 g/mol. The molecule has 70 valence electrons. The molecule has 0 heterocycles. The van der Waals surface area contributed by atoms with Gasteiger partial charge in [0.2, 0.25) is 0 Å². The average molecular weight is 198 g/mol. The van der Waals surface area contributed by atoms with Gasteiger partial charge in [0.25, 0.3) is 0 Å². The van der Waals surface area contributed by atoms with E-state index in [9.17, 15) is 5.11 Å². The van der Waals surface area contributed by atoms with Crippen molar-refractivity contribution in [1.29, 1.82) is 0 Å². The van der Waals surface area contributed by atoms with E-state index in [2.05, 4.69) is 6.92 Å². The topological polar surface area (TPSA) is 46.2 Å². The van der Waals surface area contributed by atoms with Crippen LogP contribution in [0.4, 0.5) is 5.69 Å². The lowest BCUT2D eigenvalue weighted by molar-refractivity contribution is 0.477. The molecule has 0 aromatic heterocycles. The van der Waals surface area contributed by atoms with E-state index in [4.69, 9.17) is 17.3 Å². The second-order valence-electron chi connectivity index (χ2n) is 3.95. The SMILES string of the molecule is CC1(c2cc(N)c(O)cc2Cl)CC1. The minimum atomic E-state index is 0.0676. The van der Waals surface area contributed by atoms with Crippen LogP contribution in [0.5, 0.6) is 5.75 Å². The molecule has 0 saturated heterocycles. The summed E-state index contributed by atoms with van der Waals surface area (Å²) >= 11 is 6.01. The molecule has 0 aliphatic heterocycles. The van der Waals surface area contributed by atoms with Crippen molar-refractivity contribution in [3.8, 4) is 5.75 Å². The third-order valence-corrected chi connectivity index (χ3v) is 3.08. The molecule has 0 amide bonds. The highest BCUT2D eigenvalue weighted by Crippen LogP contribution is 2.51. The standard InChI is InChI=1S/C10H12ClNO/c1-10(2-3-10)6-4-8(12)9(13)5-7(6)11/h4-5,13H,2-3,12H2,1H3. The van der Waals surface area contributed by atoms with Gasteiger partial charge in [0.05, 0.1) is 5.69 Å². The maximum Gasteiger partial charge on any atom is 0.139 e. The summed E-state index contributed by atoms with van der Waals surface area (Å²) in [4.78, 5) is 0. The number of hydrogen-bond donors (Lipinski definition) is 2. The van der Waals surface area contributed by atoms with Gasteiger partial charge in [0.1, 0.15) is 5.75 Å². The van der Waals surface area contributed by atoms with Crippen LogP contribution < -0.4 is 5.73 Å². The normalized spacial score (nSPS) is 18.6. The van der Waals surface area contributed by atoms with Crippen LogP contribution in [-0.2, 0) is 5.41 Å². The molecule has 0 radical (unpaired) electrons. The number of hydrogen-bond acceptors (Lipinski definition) is 2. The second kappa shape index (κ2) is 2.55. The molecule has 1 aromatic carbocycles. The predicted octanol–water partition coefficient (Wildman–Crippen LogP) is 2.68. The Balaban J connectivity index is 2.52. The predicted molar refractivity (Wildman–Crippen MR) is 54.1 cm³/mol. The van der Waals surface area contributed by atoms with Crippen LogP contribution in [0.15, 0.2) is 12.1 Å². The monoisotopic (exact) mass is 197 g/mol. The molecule has 0 spiro atoms. The maximum absolute atomic E-state index is 9.30. The Morgan fingerprint density at radius 1 is 1.46 bits per heavy atom. The summed E-state index contributed by atoms with van der Waals surface area (Å²) in [5.74, 6) is 0.0676. The summed E-state index contributed by atoms with van der Waals surface area (Å²) in [6.07, 6.45) is 2.30. The number of nitrogen functional groups attached to an aromatic ring is 1. The summed E-state index contributed by atoms with van der Waals surface area (Å²) in [7, 11) is 0. The van der Waals surface area contributed by atoms with Crippen molar-refractivity contribution in [2.45, 2.75) is 25.2 Å². The largest absolute Gasteiger partial charge is 0.506 e. The Morgan fingerprint density at radius 3 is 2.62 bits per heavy atom. The van der Waals surface area contributed by atoms with E-state index >= 15 is 0 Å². The fraction of sp³-hybridized carbons (Fsp3) is 0.400. The lowest BCUT2D eigenvalue weighted by atomic mass is 9.97. The lowest BCUT2D eigenvalue weighted by Gasteiger charge is -2.12. The van der Waals surface area contributed by atoms with E-state index < -0.39 is 0 Å². The molecule has 0 unspecified atom stereocenters. The van der Waals surface area contributed by atoms with Gasteiger partial charge in [0.15, 0.2) is 0 Å². The molecule has 1 aromatic rings. The zero-order chi connectivity index (χ0) is 9.64. The van der Waals surface area contributed by atoms with Gasteiger partial charge < -0.3 is 10.8 Å². The zero-order valence-corrected chi connectivity index (χ0v) is 8.23. The molecule has 1 aliphatic rings. The van der Waals surface area contributed by atoms with Gasteiger partial charge in [-0.3, -0.25) is 0 Å². The first-order valence-electron chi connectivity index (χ1n) is 4.31. The number of halogens is 1. The molecule has 3 N–H and O–H groups in total. The van der Waals surface area contributed by atoms with Gasteiger partial charge in [-0.05, 0) is 29.9 Å². The highest BCUT2D eigenvalue weighted by Gasteiger charge is 2.40. The van der Waals surface area contributed by atoms with E-state index in [0.29, 0.717) is 10.7 Å². The first kappa shape index (κ1) is 8.70. The summed E-state index contributed by atoms with van der Waals surface area (Å²) in [5.41, 5.74) is 7.27. The van der Waals surface area contributed by atoms with Crippen molar-refractivity contribution in [3.05, 3.63) is 22.7 Å². The number of phenols is 1. The number of nitrogens with two attached hydrogens (primary N) is 1. The summed E-state index contributed by atoms with van der Waals surface area (Å²) in [6, 6.07) is 3.31. The van der Waals surface area contributed by atoms with Crippen LogP contribution in [-0.4, -0.2) is 5.11 Å². The van der Waals surface area contributed by atoms with Crippen LogP contribution in [0.25, 0.3) is 0 Å². The Bertz CT molecular complexity index is 358. The van der Waals surface area contributed by atoms with Crippen molar-refractivity contribution in [2.24, 2.45) is 0 Å². The van der Waals surface area contributed by atoms with Crippen LogP contribution in [0.1, 0.15) is 25.3 Å². The van der Waals surface area contributed by atoms with Crippen molar-refractivity contribution in [2.75, 3.05) is 5.73 Å². The minimum Gasteiger partial charge on any atom is -0.506 e. The molecule has 2 rings (SSSR count). The highest BCUT2D eigenvalue weighted by atomic mass is 35.5. The molecule has 1 saturated carbocycles. The van der Waals surface area contributed by atoms with Crippen molar-refractivity contribution in [3.63, 3.8) is 0 Å². The third kappa shape index (κ3) is 1.35. The first-order valence-corrected chi connectivity index (χ1v) is 4.69. The fourth-order valence-electron chi connectivity index (χ4n) is 1.50. The summed E-state index contributed by atoms with van der Waals surface area (Å²) < 4.78 is 0. The minimum absolute atomic E-state index is 0.0676. The number of aromatic hydroxyl groups is 1. The molecule has 0 bridgehead atoms. The average Bonchev–Trinajstić information content (AvgIpc) is 2.77. The number of benzene rings is 1.